The molecule has 122 valence electrons. The van der Waals surface area contributed by atoms with Gasteiger partial charge in [-0.2, -0.15) is 0 Å². The zero-order chi connectivity index (χ0) is 17.1. The maximum atomic E-state index is 11.8. The van der Waals surface area contributed by atoms with Crippen molar-refractivity contribution in [2.24, 2.45) is 12.1 Å². The number of amides is 2. The number of benzene rings is 2. The molecule has 0 aliphatic heterocycles. The summed E-state index contributed by atoms with van der Waals surface area (Å²) in [4.78, 5) is 23.3. The van der Waals surface area contributed by atoms with Crippen LogP contribution in [0.1, 0.15) is 10.4 Å². The number of hydrogen-bond acceptors (Lipinski definition) is 5. The van der Waals surface area contributed by atoms with Gasteiger partial charge in [0.15, 0.2) is 0 Å². The number of nitrogens with one attached hydrogen (secondary N) is 2. The Bertz CT molecular complexity index is 976. The largest absolute Gasteiger partial charge is 0.545 e. The zero-order valence-electron chi connectivity index (χ0n) is 12.6. The smallest absolute Gasteiger partial charge is 0.339 e. The van der Waals surface area contributed by atoms with Gasteiger partial charge in [0.25, 0.3) is 0 Å². The van der Waals surface area contributed by atoms with Crippen molar-refractivity contribution in [3.63, 3.8) is 0 Å². The minimum absolute atomic E-state index is 0.102. The highest BCUT2D eigenvalue weighted by Gasteiger charge is 2.05. The van der Waals surface area contributed by atoms with Gasteiger partial charge in [-0.3, -0.25) is 0 Å². The van der Waals surface area contributed by atoms with E-state index in [4.69, 9.17) is 0 Å². The molecule has 0 aliphatic rings. The minimum Gasteiger partial charge on any atom is -0.545 e. The van der Waals surface area contributed by atoms with Crippen molar-refractivity contribution in [2.75, 3.05) is 5.32 Å². The number of thiazole rings is 1. The van der Waals surface area contributed by atoms with Gasteiger partial charge in [0.05, 0.1) is 16.2 Å². The lowest BCUT2D eigenvalue weighted by atomic mass is 10.2. The summed E-state index contributed by atoms with van der Waals surface area (Å²) < 4.78 is 2.50. The fourth-order valence-corrected chi connectivity index (χ4v) is 3.17. The van der Waals surface area contributed by atoms with E-state index in [-0.39, 0.29) is 5.56 Å². The van der Waals surface area contributed by atoms with Crippen LogP contribution in [-0.2, 0) is 7.05 Å². The Labute approximate surface area is 140 Å². The number of para-hydroxylation sites is 1. The van der Waals surface area contributed by atoms with Crippen LogP contribution in [0.15, 0.2) is 53.6 Å². The predicted molar refractivity (Wildman–Crippen MR) is 89.3 cm³/mol. The first-order valence-electron chi connectivity index (χ1n) is 7.01. The molecule has 1 aromatic heterocycles. The molecule has 0 saturated heterocycles. The van der Waals surface area contributed by atoms with Gasteiger partial charge in [0.2, 0.25) is 4.80 Å². The van der Waals surface area contributed by atoms with E-state index in [1.807, 2.05) is 18.2 Å². The second-order valence-corrected chi connectivity index (χ2v) is 5.97. The number of anilines is 1. The normalized spacial score (nSPS) is 11.5. The quantitative estimate of drug-likeness (QED) is 0.701. The van der Waals surface area contributed by atoms with Crippen LogP contribution in [0.25, 0.3) is 10.2 Å². The number of carboxylic acid groups (broad SMARTS) is 1. The second-order valence-electron chi connectivity index (χ2n) is 4.96. The fourth-order valence-electron chi connectivity index (χ4n) is 2.15. The van der Waals surface area contributed by atoms with Gasteiger partial charge in [-0.05, 0) is 29.8 Å². The van der Waals surface area contributed by atoms with Crippen molar-refractivity contribution in [1.29, 1.82) is 0 Å². The molecule has 0 aliphatic carbocycles. The molecule has 2 aromatic carbocycles. The maximum Gasteiger partial charge on any atom is 0.339 e. The molecule has 24 heavy (non-hydrogen) atoms. The Morgan fingerprint density at radius 3 is 2.62 bits per heavy atom. The fraction of sp³-hybridized carbons (Fsp3) is 0.0625. The minimum atomic E-state index is -1.23. The highest BCUT2D eigenvalue weighted by Crippen LogP contribution is 2.18. The number of carbonyl (C=O) groups is 2. The molecule has 1 heterocycles. The van der Waals surface area contributed by atoms with Crippen molar-refractivity contribution in [1.82, 2.24) is 9.99 Å². The monoisotopic (exact) mass is 341 g/mol. The zero-order valence-corrected chi connectivity index (χ0v) is 13.5. The summed E-state index contributed by atoms with van der Waals surface area (Å²) in [7, 11) is 1.78. The number of aromatic carboxylic acids is 1. The Balaban J connectivity index is 1.83. The lowest BCUT2D eigenvalue weighted by molar-refractivity contribution is -0.255. The van der Waals surface area contributed by atoms with Crippen molar-refractivity contribution in [3.05, 3.63) is 58.9 Å². The summed E-state index contributed by atoms with van der Waals surface area (Å²) in [6.07, 6.45) is 0. The molecule has 2 amide bonds. The summed E-state index contributed by atoms with van der Waals surface area (Å²) in [5.74, 6) is -1.23. The summed E-state index contributed by atoms with van der Waals surface area (Å²) >= 11 is 1.27. The van der Waals surface area contributed by atoms with Crippen LogP contribution in [0, 0.1) is 0 Å². The molecule has 8 heteroatoms. The second kappa shape index (κ2) is 6.55. The SMILES string of the molecule is Cn1/c(=N/NC(=O)Nc2ccccc2)sc2cc(C(=O)[O-])ccc21. The summed E-state index contributed by atoms with van der Waals surface area (Å²) in [6, 6.07) is 13.2. The number of aromatic nitrogens is 1. The van der Waals surface area contributed by atoms with Gasteiger partial charge < -0.3 is 19.8 Å². The van der Waals surface area contributed by atoms with Crippen LogP contribution >= 0.6 is 11.3 Å². The molecule has 0 fully saturated rings. The molecule has 0 spiro atoms. The Morgan fingerprint density at radius 2 is 1.92 bits per heavy atom. The van der Waals surface area contributed by atoms with E-state index in [2.05, 4.69) is 15.8 Å². The van der Waals surface area contributed by atoms with Gasteiger partial charge in [-0.15, -0.1) is 5.10 Å². The Morgan fingerprint density at radius 1 is 1.17 bits per heavy atom. The van der Waals surface area contributed by atoms with Gasteiger partial charge in [-0.1, -0.05) is 35.6 Å². The lowest BCUT2D eigenvalue weighted by Gasteiger charge is -2.03. The van der Waals surface area contributed by atoms with Gasteiger partial charge in [-0.25, -0.2) is 10.2 Å². The molecule has 0 radical (unpaired) electrons. The third-order valence-corrected chi connectivity index (χ3v) is 4.42. The van der Waals surface area contributed by atoms with Crippen LogP contribution < -0.4 is 20.7 Å². The molecule has 2 N–H and O–H groups in total. The first-order chi connectivity index (χ1) is 11.5. The molecular weight excluding hydrogens is 328 g/mol. The highest BCUT2D eigenvalue weighted by atomic mass is 32.1. The third-order valence-electron chi connectivity index (χ3n) is 3.33. The van der Waals surface area contributed by atoms with E-state index in [0.717, 1.165) is 10.2 Å². The number of hydrogen-bond donors (Lipinski definition) is 2. The number of rotatable bonds is 3. The van der Waals surface area contributed by atoms with Crippen LogP contribution in [0.3, 0.4) is 0 Å². The molecule has 3 aromatic rings. The summed E-state index contributed by atoms with van der Waals surface area (Å²) in [5, 5.41) is 17.6. The average Bonchev–Trinajstić information content (AvgIpc) is 2.89. The number of aryl methyl sites for hydroxylation is 1. The van der Waals surface area contributed by atoms with E-state index in [0.29, 0.717) is 10.5 Å². The van der Waals surface area contributed by atoms with E-state index in [1.54, 1.807) is 29.8 Å². The van der Waals surface area contributed by atoms with Gasteiger partial charge in [0.1, 0.15) is 0 Å². The molecule has 0 bridgehead atoms. The van der Waals surface area contributed by atoms with Crippen molar-refractivity contribution in [2.45, 2.75) is 0 Å². The van der Waals surface area contributed by atoms with Crippen LogP contribution in [0.2, 0.25) is 0 Å². The Hall–Kier alpha value is -3.13. The third kappa shape index (κ3) is 3.28. The first kappa shape index (κ1) is 15.8. The predicted octanol–water partition coefficient (Wildman–Crippen LogP) is 1.24. The van der Waals surface area contributed by atoms with Gasteiger partial charge in [0, 0.05) is 12.7 Å². The van der Waals surface area contributed by atoms with E-state index < -0.39 is 12.0 Å². The molecule has 7 nitrogen and oxygen atoms in total. The number of urea groups is 1. The molecular formula is C16H13N4O3S-. The topological polar surface area (TPSA) is 98.6 Å². The van der Waals surface area contributed by atoms with Crippen molar-refractivity contribution in [3.8, 4) is 0 Å². The van der Waals surface area contributed by atoms with Crippen LogP contribution in [0.5, 0.6) is 0 Å². The molecule has 0 unspecified atom stereocenters. The van der Waals surface area contributed by atoms with Crippen LogP contribution in [0.4, 0.5) is 10.5 Å². The Kier molecular flexibility index (Phi) is 4.30. The van der Waals surface area contributed by atoms with E-state index in [9.17, 15) is 14.7 Å². The first-order valence-corrected chi connectivity index (χ1v) is 7.83. The summed E-state index contributed by atoms with van der Waals surface area (Å²) in [5.41, 5.74) is 4.00. The number of carbonyl (C=O) groups excluding carboxylic acids is 2. The summed E-state index contributed by atoms with van der Waals surface area (Å²) in [6.45, 7) is 0. The number of fused-ring (bicyclic) bond motifs is 1. The van der Waals surface area contributed by atoms with Crippen molar-refractivity contribution < 1.29 is 14.7 Å². The maximum absolute atomic E-state index is 11.8. The standard InChI is InChI=1S/C16H14N4O3S/c1-20-12-8-7-10(14(21)22)9-13(12)24-16(20)19-18-15(23)17-11-5-3-2-4-6-11/h2-9H,1H3,(H,21,22)(H2,17,18,23)/p-1/b19-16-. The van der Waals surface area contributed by atoms with Crippen molar-refractivity contribution >= 4 is 39.2 Å². The molecule has 0 atom stereocenters. The molecule has 0 saturated carbocycles. The van der Waals surface area contributed by atoms with E-state index in [1.165, 1.54) is 23.5 Å². The molecule has 3 rings (SSSR count). The van der Waals surface area contributed by atoms with E-state index >= 15 is 0 Å². The lowest BCUT2D eigenvalue weighted by Crippen LogP contribution is -2.27. The number of nitrogens with zero attached hydrogens (tertiary/aromatic N) is 2. The average molecular weight is 341 g/mol. The number of carboxylic acids is 1. The highest BCUT2D eigenvalue weighted by molar-refractivity contribution is 7.16. The van der Waals surface area contributed by atoms with Gasteiger partial charge >= 0.3 is 6.03 Å². The van der Waals surface area contributed by atoms with Crippen LogP contribution in [-0.4, -0.2) is 16.6 Å².